The molecule has 19 heavy (non-hydrogen) atoms. The van der Waals surface area contributed by atoms with Crippen LogP contribution in [0.4, 0.5) is 11.4 Å². The summed E-state index contributed by atoms with van der Waals surface area (Å²) in [4.78, 5) is 24.6. The quantitative estimate of drug-likeness (QED) is 0.663. The molecule has 0 heterocycles. The Balaban J connectivity index is 2.53. The highest BCUT2D eigenvalue weighted by Gasteiger charge is 2.10. The Bertz CT molecular complexity index is 474. The van der Waals surface area contributed by atoms with E-state index in [0.717, 1.165) is 5.56 Å². The number of nitrogens with two attached hydrogens (primary N) is 1. The predicted octanol–water partition coefficient (Wildman–Crippen LogP) is 0.194. The highest BCUT2D eigenvalue weighted by Crippen LogP contribution is 2.19. The Morgan fingerprint density at radius 1 is 1.26 bits per heavy atom. The lowest BCUT2D eigenvalue weighted by atomic mass is 10.2. The molecule has 4 N–H and O–H groups in total. The highest BCUT2D eigenvalue weighted by molar-refractivity contribution is 5.95. The zero-order valence-corrected chi connectivity index (χ0v) is 11.5. The van der Waals surface area contributed by atoms with Gasteiger partial charge in [-0.1, -0.05) is 6.07 Å². The second-order valence-corrected chi connectivity index (χ2v) is 4.48. The summed E-state index contributed by atoms with van der Waals surface area (Å²) in [7, 11) is 3.26. The van der Waals surface area contributed by atoms with Gasteiger partial charge in [-0.25, -0.2) is 0 Å². The van der Waals surface area contributed by atoms with Gasteiger partial charge in [0.2, 0.25) is 11.8 Å². The topological polar surface area (TPSA) is 87.5 Å². The molecule has 1 aromatic carbocycles. The molecule has 0 bridgehead atoms. The second-order valence-electron chi connectivity index (χ2n) is 4.48. The van der Waals surface area contributed by atoms with Crippen molar-refractivity contribution in [3.63, 3.8) is 0 Å². The van der Waals surface area contributed by atoms with E-state index in [-0.39, 0.29) is 24.9 Å². The van der Waals surface area contributed by atoms with Crippen LogP contribution in [0.2, 0.25) is 0 Å². The summed E-state index contributed by atoms with van der Waals surface area (Å²) in [6.45, 7) is 2.23. The lowest BCUT2D eigenvalue weighted by Crippen LogP contribution is -2.37. The fourth-order valence-corrected chi connectivity index (χ4v) is 1.61. The summed E-state index contributed by atoms with van der Waals surface area (Å²) in [6, 6.07) is 5.44. The van der Waals surface area contributed by atoms with Crippen LogP contribution in [-0.4, -0.2) is 43.9 Å². The molecule has 0 unspecified atom stereocenters. The van der Waals surface area contributed by atoms with Gasteiger partial charge in [-0.15, -0.1) is 0 Å². The van der Waals surface area contributed by atoms with Gasteiger partial charge in [0, 0.05) is 7.05 Å². The van der Waals surface area contributed by atoms with Gasteiger partial charge in [-0.3, -0.25) is 14.5 Å². The fourth-order valence-electron chi connectivity index (χ4n) is 1.61. The van der Waals surface area contributed by atoms with Crippen molar-refractivity contribution in [3.05, 3.63) is 23.8 Å². The van der Waals surface area contributed by atoms with Crippen LogP contribution in [0.1, 0.15) is 5.56 Å². The molecule has 0 aliphatic rings. The average molecular weight is 264 g/mol. The van der Waals surface area contributed by atoms with Crippen LogP contribution in [0.15, 0.2) is 18.2 Å². The first kappa shape index (κ1) is 15.0. The minimum absolute atomic E-state index is 0.126. The van der Waals surface area contributed by atoms with Crippen molar-refractivity contribution in [2.45, 2.75) is 6.92 Å². The van der Waals surface area contributed by atoms with Crippen LogP contribution in [0.5, 0.6) is 0 Å². The molecule has 0 aliphatic heterocycles. The lowest BCUT2D eigenvalue weighted by Gasteiger charge is -2.15. The number of benzene rings is 1. The smallest absolute Gasteiger partial charge is 0.238 e. The maximum absolute atomic E-state index is 11.8. The first-order valence-corrected chi connectivity index (χ1v) is 5.97. The lowest BCUT2D eigenvalue weighted by molar-refractivity contribution is -0.122. The van der Waals surface area contributed by atoms with E-state index in [2.05, 4.69) is 10.6 Å². The normalized spacial score (nSPS) is 10.3. The first-order valence-electron chi connectivity index (χ1n) is 5.97. The van der Waals surface area contributed by atoms with E-state index in [9.17, 15) is 9.59 Å². The van der Waals surface area contributed by atoms with Crippen molar-refractivity contribution in [2.24, 2.45) is 0 Å². The molecule has 0 saturated carbocycles. The third-order valence-electron chi connectivity index (χ3n) is 2.59. The number of nitrogens with one attached hydrogen (secondary N) is 2. The number of nitrogen functional groups attached to an aromatic ring is 1. The molecule has 0 aliphatic carbocycles. The second kappa shape index (κ2) is 6.75. The molecular formula is C13H20N4O2. The maximum Gasteiger partial charge on any atom is 0.238 e. The van der Waals surface area contributed by atoms with Crippen molar-refractivity contribution in [3.8, 4) is 0 Å². The van der Waals surface area contributed by atoms with E-state index in [1.165, 1.54) is 0 Å². The van der Waals surface area contributed by atoms with Crippen molar-refractivity contribution < 1.29 is 9.59 Å². The minimum atomic E-state index is -0.207. The van der Waals surface area contributed by atoms with Crippen molar-refractivity contribution in [1.29, 1.82) is 0 Å². The maximum atomic E-state index is 11.8. The summed E-state index contributed by atoms with van der Waals surface area (Å²) in [5, 5.41) is 5.22. The molecule has 0 atom stereocenters. The molecule has 0 fully saturated rings. The molecule has 2 amide bonds. The zero-order valence-electron chi connectivity index (χ0n) is 11.5. The Labute approximate surface area is 113 Å². The Kier molecular flexibility index (Phi) is 5.32. The number of carbonyl (C=O) groups excluding carboxylic acids is 2. The zero-order chi connectivity index (χ0) is 14.4. The monoisotopic (exact) mass is 264 g/mol. The number of hydrogen-bond acceptors (Lipinski definition) is 4. The summed E-state index contributed by atoms with van der Waals surface area (Å²) < 4.78 is 0. The number of rotatable bonds is 5. The summed E-state index contributed by atoms with van der Waals surface area (Å²) in [6.07, 6.45) is 0. The number of hydrogen-bond donors (Lipinski definition) is 3. The van der Waals surface area contributed by atoms with E-state index in [0.29, 0.717) is 11.4 Å². The molecule has 6 nitrogen and oxygen atoms in total. The standard InChI is InChI=1S/C13H20N4O2/c1-9-4-5-11(10(14)6-9)16-13(19)8-17(3)7-12(18)15-2/h4-6H,7-8,14H2,1-3H3,(H,15,18)(H,16,19). The van der Waals surface area contributed by atoms with Gasteiger partial charge in [0.05, 0.1) is 24.5 Å². The van der Waals surface area contributed by atoms with Gasteiger partial charge in [-0.2, -0.15) is 0 Å². The molecule has 0 aromatic heterocycles. The van der Waals surface area contributed by atoms with Crippen LogP contribution < -0.4 is 16.4 Å². The Morgan fingerprint density at radius 3 is 2.47 bits per heavy atom. The van der Waals surface area contributed by atoms with Crippen LogP contribution >= 0.6 is 0 Å². The third-order valence-corrected chi connectivity index (χ3v) is 2.59. The molecular weight excluding hydrogens is 244 g/mol. The number of anilines is 2. The summed E-state index contributed by atoms with van der Waals surface area (Å²) in [5.74, 6) is -0.341. The van der Waals surface area contributed by atoms with Crippen molar-refractivity contribution in [1.82, 2.24) is 10.2 Å². The van der Waals surface area contributed by atoms with Crippen LogP contribution in [-0.2, 0) is 9.59 Å². The molecule has 0 spiro atoms. The number of aryl methyl sites for hydroxylation is 1. The molecule has 1 aromatic rings. The van der Waals surface area contributed by atoms with Crippen molar-refractivity contribution >= 4 is 23.2 Å². The van der Waals surface area contributed by atoms with Crippen LogP contribution in [0, 0.1) is 6.92 Å². The Hall–Kier alpha value is -2.08. The molecule has 0 radical (unpaired) electrons. The largest absolute Gasteiger partial charge is 0.397 e. The average Bonchev–Trinajstić information content (AvgIpc) is 2.32. The molecule has 0 saturated heterocycles. The van der Waals surface area contributed by atoms with E-state index in [1.54, 1.807) is 31.1 Å². The van der Waals surface area contributed by atoms with Gasteiger partial charge < -0.3 is 16.4 Å². The van der Waals surface area contributed by atoms with Crippen molar-refractivity contribution in [2.75, 3.05) is 38.2 Å². The van der Waals surface area contributed by atoms with E-state index < -0.39 is 0 Å². The van der Waals surface area contributed by atoms with Gasteiger partial charge in [-0.05, 0) is 31.7 Å². The summed E-state index contributed by atoms with van der Waals surface area (Å²) in [5.41, 5.74) is 7.96. The number of likely N-dealkylation sites (N-methyl/N-ethyl adjacent to an activating group) is 2. The van der Waals surface area contributed by atoms with E-state index in [1.807, 2.05) is 13.0 Å². The third kappa shape index (κ3) is 4.97. The van der Waals surface area contributed by atoms with Gasteiger partial charge in [0.25, 0.3) is 0 Å². The minimum Gasteiger partial charge on any atom is -0.397 e. The van der Waals surface area contributed by atoms with Gasteiger partial charge in [0.1, 0.15) is 0 Å². The van der Waals surface area contributed by atoms with E-state index in [4.69, 9.17) is 5.73 Å². The SMILES string of the molecule is CNC(=O)CN(C)CC(=O)Nc1ccc(C)cc1N. The fraction of sp³-hybridized carbons (Fsp3) is 0.385. The first-order chi connectivity index (χ1) is 8.92. The number of nitrogens with zero attached hydrogens (tertiary/aromatic N) is 1. The Morgan fingerprint density at radius 2 is 1.89 bits per heavy atom. The van der Waals surface area contributed by atoms with Gasteiger partial charge >= 0.3 is 0 Å². The number of carbonyl (C=O) groups is 2. The van der Waals surface area contributed by atoms with E-state index >= 15 is 0 Å². The van der Waals surface area contributed by atoms with Crippen LogP contribution in [0.25, 0.3) is 0 Å². The molecule has 104 valence electrons. The predicted molar refractivity (Wildman–Crippen MR) is 75.8 cm³/mol. The number of amides is 2. The molecule has 1 rings (SSSR count). The summed E-state index contributed by atoms with van der Waals surface area (Å²) >= 11 is 0. The van der Waals surface area contributed by atoms with Gasteiger partial charge in [0.15, 0.2) is 0 Å². The highest BCUT2D eigenvalue weighted by atomic mass is 16.2. The molecule has 6 heteroatoms. The van der Waals surface area contributed by atoms with Crippen LogP contribution in [0.3, 0.4) is 0 Å².